The summed E-state index contributed by atoms with van der Waals surface area (Å²) in [6.45, 7) is 1.95. The molecule has 2 aromatic heterocycles. The molecule has 9 nitrogen and oxygen atoms in total. The number of hydrogen-bond donors (Lipinski definition) is 2. The van der Waals surface area contributed by atoms with E-state index in [0.29, 0.717) is 5.69 Å². The van der Waals surface area contributed by atoms with Crippen molar-refractivity contribution in [2.45, 2.75) is 13.5 Å². The molecule has 2 amide bonds. The van der Waals surface area contributed by atoms with Gasteiger partial charge in [-0.3, -0.25) is 9.59 Å². The zero-order valence-electron chi connectivity index (χ0n) is 16.6. The van der Waals surface area contributed by atoms with Crippen molar-refractivity contribution >= 4 is 23.6 Å². The summed E-state index contributed by atoms with van der Waals surface area (Å²) in [5.41, 5.74) is 2.12. The van der Waals surface area contributed by atoms with Gasteiger partial charge in [-0.25, -0.2) is 14.1 Å². The number of nitrogens with zero attached hydrogens (tertiary/aromatic N) is 5. The molecule has 0 unspecified atom stereocenters. The molecule has 29 heavy (non-hydrogen) atoms. The van der Waals surface area contributed by atoms with Gasteiger partial charge in [0.2, 0.25) is 5.95 Å². The first kappa shape index (κ1) is 20.1. The summed E-state index contributed by atoms with van der Waals surface area (Å²) >= 11 is 0. The number of amides is 2. The van der Waals surface area contributed by atoms with Gasteiger partial charge in [0.05, 0.1) is 24.1 Å². The van der Waals surface area contributed by atoms with Gasteiger partial charge in [-0.2, -0.15) is 0 Å². The number of halogens is 1. The van der Waals surface area contributed by atoms with E-state index in [4.69, 9.17) is 0 Å². The van der Waals surface area contributed by atoms with Crippen molar-refractivity contribution in [3.8, 4) is 5.69 Å². The Balaban J connectivity index is 1.62. The van der Waals surface area contributed by atoms with Crippen molar-refractivity contribution in [2.75, 3.05) is 24.3 Å². The van der Waals surface area contributed by atoms with E-state index < -0.39 is 11.8 Å². The number of rotatable bonds is 5. The Bertz CT molecular complexity index is 1040. The fourth-order valence-corrected chi connectivity index (χ4v) is 2.82. The average Bonchev–Trinajstić information content (AvgIpc) is 3.22. The zero-order chi connectivity index (χ0) is 21.1. The molecule has 0 spiro atoms. The Kier molecular flexibility index (Phi) is 5.62. The number of imidazole rings is 1. The van der Waals surface area contributed by atoms with E-state index in [-0.39, 0.29) is 18.2 Å². The second-order valence-corrected chi connectivity index (χ2v) is 6.70. The standard InChI is InChI=1S/C19H22FN7O2/c1-12-9-16(24-27(12)14-7-5-13(20)6-8-14)23-18(29)17(28)21-10-15-11-22-19(25(2)3)26(15)4/h5-9,11H,10H2,1-4H3,(H,21,28)(H,23,24,29). The van der Waals surface area contributed by atoms with Crippen LogP contribution < -0.4 is 15.5 Å². The second kappa shape index (κ2) is 8.13. The second-order valence-electron chi connectivity index (χ2n) is 6.70. The molecule has 0 aliphatic carbocycles. The van der Waals surface area contributed by atoms with Crippen molar-refractivity contribution in [3.63, 3.8) is 0 Å². The number of carbonyl (C=O) groups excluding carboxylic acids is 2. The molecule has 1 aromatic carbocycles. The number of carbonyl (C=O) groups is 2. The van der Waals surface area contributed by atoms with E-state index in [2.05, 4.69) is 20.7 Å². The molecular formula is C19H22FN7O2. The number of anilines is 2. The molecule has 0 radical (unpaired) electrons. The molecule has 0 fully saturated rings. The number of hydrogen-bond acceptors (Lipinski definition) is 5. The van der Waals surface area contributed by atoms with Gasteiger partial charge in [0.25, 0.3) is 0 Å². The Labute approximate surface area is 167 Å². The molecule has 10 heteroatoms. The van der Waals surface area contributed by atoms with Gasteiger partial charge in [0, 0.05) is 32.9 Å². The quantitative estimate of drug-likeness (QED) is 0.632. The number of aryl methyl sites for hydroxylation is 1. The highest BCUT2D eigenvalue weighted by Gasteiger charge is 2.17. The van der Waals surface area contributed by atoms with Crippen LogP contribution in [0, 0.1) is 12.7 Å². The van der Waals surface area contributed by atoms with Gasteiger partial charge in [-0.15, -0.1) is 5.10 Å². The smallest absolute Gasteiger partial charge is 0.314 e. The summed E-state index contributed by atoms with van der Waals surface area (Å²) in [6, 6.07) is 7.41. The predicted molar refractivity (Wildman–Crippen MR) is 106 cm³/mol. The Hall–Kier alpha value is -3.69. The third kappa shape index (κ3) is 4.42. The Morgan fingerprint density at radius 1 is 1.17 bits per heavy atom. The molecule has 0 bridgehead atoms. The topological polar surface area (TPSA) is 97.1 Å². The maximum Gasteiger partial charge on any atom is 0.314 e. The summed E-state index contributed by atoms with van der Waals surface area (Å²) in [7, 11) is 5.56. The first-order valence-corrected chi connectivity index (χ1v) is 8.86. The Morgan fingerprint density at radius 2 is 1.86 bits per heavy atom. The van der Waals surface area contributed by atoms with Crippen LogP contribution in [0.25, 0.3) is 5.69 Å². The monoisotopic (exact) mass is 399 g/mol. The van der Waals surface area contributed by atoms with Crippen LogP contribution in [0.3, 0.4) is 0 Å². The normalized spacial score (nSPS) is 10.7. The van der Waals surface area contributed by atoms with Crippen molar-refractivity contribution < 1.29 is 14.0 Å². The SMILES string of the molecule is Cc1cc(NC(=O)C(=O)NCc2cnc(N(C)C)n2C)nn1-c1ccc(F)cc1. The molecule has 0 saturated carbocycles. The maximum absolute atomic E-state index is 13.1. The molecular weight excluding hydrogens is 377 g/mol. The number of aromatic nitrogens is 4. The molecule has 152 valence electrons. The minimum Gasteiger partial charge on any atom is -0.348 e. The van der Waals surface area contributed by atoms with E-state index in [1.807, 2.05) is 30.6 Å². The Morgan fingerprint density at radius 3 is 2.48 bits per heavy atom. The van der Waals surface area contributed by atoms with E-state index in [9.17, 15) is 14.0 Å². The summed E-state index contributed by atoms with van der Waals surface area (Å²) in [6.07, 6.45) is 1.64. The van der Waals surface area contributed by atoms with Gasteiger partial charge in [-0.05, 0) is 31.2 Å². The minimum absolute atomic E-state index is 0.159. The molecule has 3 rings (SSSR count). The zero-order valence-corrected chi connectivity index (χ0v) is 16.6. The predicted octanol–water partition coefficient (Wildman–Crippen LogP) is 1.37. The largest absolute Gasteiger partial charge is 0.348 e. The minimum atomic E-state index is -0.830. The lowest BCUT2D eigenvalue weighted by atomic mass is 10.3. The highest BCUT2D eigenvalue weighted by Crippen LogP contribution is 2.15. The van der Waals surface area contributed by atoms with Crippen LogP contribution in [0.1, 0.15) is 11.4 Å². The van der Waals surface area contributed by atoms with E-state index in [0.717, 1.165) is 17.3 Å². The van der Waals surface area contributed by atoms with Crippen LogP contribution in [0.5, 0.6) is 0 Å². The van der Waals surface area contributed by atoms with Gasteiger partial charge < -0.3 is 20.1 Å². The number of benzene rings is 1. The van der Waals surface area contributed by atoms with Crippen LogP contribution in [-0.4, -0.2) is 45.2 Å². The van der Waals surface area contributed by atoms with Crippen molar-refractivity contribution in [1.82, 2.24) is 24.6 Å². The number of nitrogens with one attached hydrogen (secondary N) is 2. The lowest BCUT2D eigenvalue weighted by Crippen LogP contribution is -2.35. The van der Waals surface area contributed by atoms with Crippen molar-refractivity contribution in [2.24, 2.45) is 7.05 Å². The van der Waals surface area contributed by atoms with Crippen LogP contribution >= 0.6 is 0 Å². The first-order valence-electron chi connectivity index (χ1n) is 8.86. The highest BCUT2D eigenvalue weighted by molar-refractivity contribution is 6.39. The third-order valence-corrected chi connectivity index (χ3v) is 4.30. The van der Waals surface area contributed by atoms with Crippen molar-refractivity contribution in [1.29, 1.82) is 0 Å². The maximum atomic E-state index is 13.1. The van der Waals surface area contributed by atoms with Crippen molar-refractivity contribution in [3.05, 3.63) is 53.7 Å². The summed E-state index contributed by atoms with van der Waals surface area (Å²) < 4.78 is 16.5. The van der Waals surface area contributed by atoms with Crippen LogP contribution in [0.4, 0.5) is 16.2 Å². The highest BCUT2D eigenvalue weighted by atomic mass is 19.1. The first-order chi connectivity index (χ1) is 13.8. The molecule has 3 aromatic rings. The van der Waals surface area contributed by atoms with Gasteiger partial charge in [-0.1, -0.05) is 0 Å². The summed E-state index contributed by atoms with van der Waals surface area (Å²) in [4.78, 5) is 30.4. The van der Waals surface area contributed by atoms with E-state index in [1.165, 1.54) is 12.1 Å². The summed E-state index contributed by atoms with van der Waals surface area (Å²) in [5, 5.41) is 9.29. The van der Waals surface area contributed by atoms with Gasteiger partial charge >= 0.3 is 11.8 Å². The van der Waals surface area contributed by atoms with Crippen LogP contribution in [0.15, 0.2) is 36.5 Å². The van der Waals surface area contributed by atoms with Gasteiger partial charge in [0.1, 0.15) is 5.82 Å². The lowest BCUT2D eigenvalue weighted by molar-refractivity contribution is -0.136. The molecule has 0 atom stereocenters. The molecule has 0 saturated heterocycles. The lowest BCUT2D eigenvalue weighted by Gasteiger charge is -2.12. The molecule has 2 heterocycles. The third-order valence-electron chi connectivity index (χ3n) is 4.30. The summed E-state index contributed by atoms with van der Waals surface area (Å²) in [5.74, 6) is -1.01. The average molecular weight is 399 g/mol. The van der Waals surface area contributed by atoms with Crippen LogP contribution in [-0.2, 0) is 23.2 Å². The van der Waals surface area contributed by atoms with E-state index in [1.54, 1.807) is 36.0 Å². The fraction of sp³-hybridized carbons (Fsp3) is 0.263. The molecule has 0 aliphatic heterocycles. The fourth-order valence-electron chi connectivity index (χ4n) is 2.82. The van der Waals surface area contributed by atoms with Gasteiger partial charge in [0.15, 0.2) is 5.82 Å². The molecule has 0 aliphatic rings. The van der Waals surface area contributed by atoms with E-state index >= 15 is 0 Å². The van der Waals surface area contributed by atoms with Crippen LogP contribution in [0.2, 0.25) is 0 Å². The molecule has 2 N–H and O–H groups in total.